The fourth-order valence-corrected chi connectivity index (χ4v) is 21.0. The van der Waals surface area contributed by atoms with E-state index in [-0.39, 0.29) is 24.7 Å². The zero-order valence-electron chi connectivity index (χ0n) is 84.6. The van der Waals surface area contributed by atoms with Gasteiger partial charge in [0.25, 0.3) is 5.92 Å². The number of aromatic nitrogens is 17. The maximum Gasteiger partial charge on any atom is 0.272 e. The molecule has 1 amide bonds. The molecule has 764 valence electrons. The first-order valence-corrected chi connectivity index (χ1v) is 52.9. The van der Waals surface area contributed by atoms with Crippen LogP contribution in [0.3, 0.4) is 0 Å². The molecule has 0 radical (unpaired) electrons. The van der Waals surface area contributed by atoms with Gasteiger partial charge in [-0.15, -0.1) is 51.0 Å². The van der Waals surface area contributed by atoms with Crippen LogP contribution < -0.4 is 23.7 Å². The van der Waals surface area contributed by atoms with E-state index in [1.807, 2.05) is 174 Å². The number of ether oxygens (including phenoxy) is 5. The lowest BCUT2D eigenvalue weighted by molar-refractivity contribution is -0.133. The SMILES string of the molecule is CCS(=O)(=O)c1ccc(-c2ccc(CCc3ccccc3OC)n3cnnc23)cc1.COc1ccccc1CCc1ccc(-c2ccc(CN3CC(F)(F)C3)cc2)c2nncn12.COc1ccccc1CCc1ccc(-c2ccc(CN3CCCC3=O)cc2)c2nncn12.COc1ccccc1CCc1ccc(-c2ccc(S(=O)(=O)C(C)C)cc2)c2nncn12.COc1ccccc1CCc1ccc(-c2cncnc2)c2nncn12. The Morgan fingerprint density at radius 3 is 0.893 bits per heavy atom. The van der Waals surface area contributed by atoms with Crippen molar-refractivity contribution in [3.8, 4) is 84.4 Å². The summed E-state index contributed by atoms with van der Waals surface area (Å²) in [6.07, 6.45) is 23.9. The lowest BCUT2D eigenvalue weighted by atomic mass is 10.0. The number of amides is 1. The number of hydrogen-bond acceptors (Lipinski definition) is 23. The Morgan fingerprint density at radius 2 is 0.620 bits per heavy atom. The summed E-state index contributed by atoms with van der Waals surface area (Å²) in [5.74, 6) is 2.30. The first kappa shape index (κ1) is 103. The van der Waals surface area contributed by atoms with Crippen molar-refractivity contribution in [3.05, 3.63) is 397 Å². The van der Waals surface area contributed by atoms with Crippen molar-refractivity contribution in [1.29, 1.82) is 0 Å². The van der Waals surface area contributed by atoms with E-state index >= 15 is 0 Å². The first-order valence-electron chi connectivity index (χ1n) is 49.7. The highest BCUT2D eigenvalue weighted by Crippen LogP contribution is 2.37. The van der Waals surface area contributed by atoms with Crippen LogP contribution in [0.15, 0.2) is 339 Å². The molecule has 22 rings (SSSR count). The number of carbonyl (C=O) groups is 1. The molecule has 0 unspecified atom stereocenters. The highest BCUT2D eigenvalue weighted by Gasteiger charge is 2.43. The number of likely N-dealkylation sites (tertiary alicyclic amines) is 2. The van der Waals surface area contributed by atoms with Crippen LogP contribution in [0.4, 0.5) is 8.78 Å². The third-order valence-electron chi connectivity index (χ3n) is 27.2. The zero-order valence-corrected chi connectivity index (χ0v) is 86.3. The summed E-state index contributed by atoms with van der Waals surface area (Å²) in [6, 6.07) is 91.5. The minimum atomic E-state index is -3.30. The monoisotopic (exact) mass is 2050 g/mol. The van der Waals surface area contributed by atoms with E-state index in [0.717, 1.165) is 246 Å². The number of benzene rings is 9. The van der Waals surface area contributed by atoms with Gasteiger partial charge >= 0.3 is 0 Å². The Kier molecular flexibility index (Phi) is 32.7. The molecule has 11 aromatic heterocycles. The molecule has 9 aromatic carbocycles. The van der Waals surface area contributed by atoms with Crippen molar-refractivity contribution in [2.45, 2.75) is 132 Å². The van der Waals surface area contributed by atoms with Gasteiger partial charge in [0.05, 0.1) is 69.4 Å². The van der Waals surface area contributed by atoms with Crippen molar-refractivity contribution >= 4 is 53.8 Å². The summed E-state index contributed by atoms with van der Waals surface area (Å²) in [7, 11) is 1.95. The van der Waals surface area contributed by atoms with Crippen LogP contribution in [0.2, 0.25) is 0 Å². The summed E-state index contributed by atoms with van der Waals surface area (Å²) >= 11 is 0. The molecule has 13 heterocycles. The second-order valence-corrected chi connectivity index (χ2v) is 41.6. The number of hydrogen-bond donors (Lipinski definition) is 0. The Bertz CT molecular complexity index is 8310. The number of aryl methyl sites for hydroxylation is 10. The lowest BCUT2D eigenvalue weighted by Crippen LogP contribution is -2.55. The number of sulfone groups is 2. The van der Waals surface area contributed by atoms with E-state index in [1.54, 1.807) is 130 Å². The molecule has 0 aliphatic carbocycles. The second-order valence-electron chi connectivity index (χ2n) is 36.9. The van der Waals surface area contributed by atoms with E-state index in [0.29, 0.717) is 29.3 Å². The number of alkyl halides is 2. The summed E-state index contributed by atoms with van der Waals surface area (Å²) in [6.45, 7) is 6.78. The maximum atomic E-state index is 13.1. The van der Waals surface area contributed by atoms with Crippen molar-refractivity contribution in [2.24, 2.45) is 0 Å². The molecule has 150 heavy (non-hydrogen) atoms. The van der Waals surface area contributed by atoms with Crippen LogP contribution in [0.1, 0.15) is 101 Å². The number of pyridine rings is 5. The quantitative estimate of drug-likeness (QED) is 0.0369. The second kappa shape index (κ2) is 47.5. The maximum absolute atomic E-state index is 13.1. The van der Waals surface area contributed by atoms with Crippen molar-refractivity contribution in [2.75, 3.05) is 60.9 Å². The van der Waals surface area contributed by atoms with Gasteiger partial charge in [0.2, 0.25) is 5.91 Å². The smallest absolute Gasteiger partial charge is 0.272 e. The fraction of sp³-hybridized carbons (Fsp3) is 0.239. The van der Waals surface area contributed by atoms with E-state index in [1.165, 1.54) is 17.5 Å². The molecular formula is C117H115F2N19O10S2. The van der Waals surface area contributed by atoms with Gasteiger partial charge in [0.15, 0.2) is 47.9 Å². The van der Waals surface area contributed by atoms with E-state index < -0.39 is 30.8 Å². The Hall–Kier alpha value is -16.7. The number of para-hydroxylation sites is 5. The number of rotatable bonds is 33. The molecule has 0 N–H and O–H groups in total. The summed E-state index contributed by atoms with van der Waals surface area (Å²) in [5.41, 5.74) is 27.3. The number of carbonyl (C=O) groups excluding carboxylic acids is 1. The van der Waals surface area contributed by atoms with E-state index in [4.69, 9.17) is 23.7 Å². The average Bonchev–Trinajstić information content (AvgIpc) is 1.62. The largest absolute Gasteiger partial charge is 0.496 e. The lowest BCUT2D eigenvalue weighted by Gasteiger charge is -2.38. The summed E-state index contributed by atoms with van der Waals surface area (Å²) in [4.78, 5) is 24.4. The summed E-state index contributed by atoms with van der Waals surface area (Å²) in [5, 5.41) is 41.8. The van der Waals surface area contributed by atoms with Gasteiger partial charge in [-0.2, -0.15) is 0 Å². The standard InChI is InChI=1S/C26H26N4O2.C25H24F2N4O.C24H25N3O3S.C23H23N3O3S.C19H17N5O/c1-32-24-6-3-2-5-21(24)12-13-22-14-15-23(26-28-27-18-30(22)26)20-10-8-19(9-11-20)17-29-16-4-7-25(29)31;1-32-23-5-3-2-4-20(23)10-11-21-12-13-22(24-29-28-17-31(21)24)19-8-6-18(7-9-19)14-30-15-25(26,27)16-30;1-17(2)31(28,29)21-13-9-18(10-14-21)22-15-12-20(27-16-25-26-24(22)27)11-8-19-6-4-5-7-23(19)30-3;1-3-30(27,28)20-13-9-17(10-14-20)21-15-12-19(26-16-24-25-23(21)26)11-8-18-6-4-5-7-22(18)29-2;1-25-18-5-3-2-4-14(18)6-7-16-8-9-17(15-10-20-12-21-11-15)19-23-22-13-24(16)19/h2-3,5-6,8-11,14-15,18H,4,7,12-13,16-17H2,1H3;2-9,12-13,17H,10-11,14-16H2,1H3;4-7,9-10,12-17H,8,11H2,1-3H3;4-7,9-10,12-16H,3,8,11H2,1-2H3;2-5,8-13H,6-7H2,1H3. The third kappa shape index (κ3) is 23.9. The van der Waals surface area contributed by atoms with Crippen LogP contribution in [0.5, 0.6) is 28.7 Å². The topological polar surface area (TPSA) is 315 Å². The van der Waals surface area contributed by atoms with Gasteiger partial charge in [-0.1, -0.05) is 171 Å². The summed E-state index contributed by atoms with van der Waals surface area (Å²) < 4.78 is 112. The normalized spacial score (nSPS) is 12.9. The number of methoxy groups -OCH3 is 5. The fourth-order valence-electron chi connectivity index (χ4n) is 19.0. The third-order valence-corrected chi connectivity index (χ3v) is 31.1. The Balaban J connectivity index is 0.000000123. The highest BCUT2D eigenvalue weighted by atomic mass is 32.2. The van der Waals surface area contributed by atoms with Crippen LogP contribution in [0.25, 0.3) is 83.9 Å². The van der Waals surface area contributed by atoms with Gasteiger partial charge in [-0.05, 0) is 261 Å². The van der Waals surface area contributed by atoms with Gasteiger partial charge in [0, 0.05) is 100 Å². The number of nitrogens with zero attached hydrogens (tertiary/aromatic N) is 19. The van der Waals surface area contributed by atoms with Crippen LogP contribution in [-0.4, -0.2) is 188 Å². The minimum Gasteiger partial charge on any atom is -0.496 e. The molecule has 2 fully saturated rings. The van der Waals surface area contributed by atoms with Crippen LogP contribution in [-0.2, 0) is 102 Å². The van der Waals surface area contributed by atoms with Gasteiger partial charge in [-0.3, -0.25) is 31.7 Å². The Morgan fingerprint density at radius 1 is 0.340 bits per heavy atom. The van der Waals surface area contributed by atoms with E-state index in [2.05, 4.69) is 168 Å². The molecule has 0 atom stereocenters. The number of halogens is 2. The van der Waals surface area contributed by atoms with Gasteiger partial charge in [0.1, 0.15) is 66.7 Å². The molecule has 0 bridgehead atoms. The van der Waals surface area contributed by atoms with Crippen LogP contribution >= 0.6 is 0 Å². The molecule has 0 spiro atoms. The van der Waals surface area contributed by atoms with Crippen LogP contribution in [0, 0.1) is 0 Å². The van der Waals surface area contributed by atoms with E-state index in [9.17, 15) is 30.4 Å². The highest BCUT2D eigenvalue weighted by molar-refractivity contribution is 7.92. The number of fused-ring (bicyclic) bond motifs is 5. The predicted octanol–water partition coefficient (Wildman–Crippen LogP) is 20.3. The predicted molar refractivity (Wildman–Crippen MR) is 575 cm³/mol. The van der Waals surface area contributed by atoms with Gasteiger partial charge < -0.3 is 28.6 Å². The molecule has 20 aromatic rings. The van der Waals surface area contributed by atoms with Crippen molar-refractivity contribution in [3.63, 3.8) is 0 Å². The van der Waals surface area contributed by atoms with Crippen molar-refractivity contribution < 1.29 is 54.1 Å². The van der Waals surface area contributed by atoms with Crippen molar-refractivity contribution in [1.82, 2.24) is 92.8 Å². The zero-order chi connectivity index (χ0) is 104. The molecular weight excluding hydrogens is 1930 g/mol. The van der Waals surface area contributed by atoms with Gasteiger partial charge in [-0.25, -0.2) is 35.6 Å². The first-order chi connectivity index (χ1) is 73.1. The minimum absolute atomic E-state index is 0.0850. The molecule has 0 saturated carbocycles. The molecule has 2 aliphatic rings. The molecule has 29 nitrogen and oxygen atoms in total. The average molecular weight is 2050 g/mol. The molecule has 33 heteroatoms. The molecule has 2 aliphatic heterocycles. The molecule has 2 saturated heterocycles. The Labute approximate surface area is 869 Å².